The van der Waals surface area contributed by atoms with Crippen molar-refractivity contribution in [3.05, 3.63) is 35.4 Å². The van der Waals surface area contributed by atoms with Gasteiger partial charge in [0.2, 0.25) is 0 Å². The second-order valence-electron chi connectivity index (χ2n) is 7.06. The molecule has 1 saturated heterocycles. The van der Waals surface area contributed by atoms with Crippen LogP contribution in [0.15, 0.2) is 29.3 Å². The molecule has 1 atom stereocenters. The molecule has 28 heavy (non-hydrogen) atoms. The van der Waals surface area contributed by atoms with Crippen LogP contribution in [0.3, 0.4) is 0 Å². The summed E-state index contributed by atoms with van der Waals surface area (Å²) in [5.74, 6) is 0.865. The summed E-state index contributed by atoms with van der Waals surface area (Å²) in [5, 5.41) is 6.75. The molecule has 2 rings (SSSR count). The van der Waals surface area contributed by atoms with Crippen molar-refractivity contribution in [2.24, 2.45) is 4.99 Å². The van der Waals surface area contributed by atoms with Gasteiger partial charge in [-0.05, 0) is 44.0 Å². The van der Waals surface area contributed by atoms with Crippen LogP contribution >= 0.6 is 0 Å². The summed E-state index contributed by atoms with van der Waals surface area (Å²) >= 11 is 0. The molecule has 158 valence electrons. The average molecular weight is 391 g/mol. The van der Waals surface area contributed by atoms with Crippen LogP contribution in [0.1, 0.15) is 44.7 Å². The second-order valence-corrected chi connectivity index (χ2v) is 7.06. The van der Waals surface area contributed by atoms with Crippen LogP contribution in [0.5, 0.6) is 0 Å². The SMILES string of the molecule is CCNC(=NCc1ccccc1CN(CC)CC)NCCCOC1CCOC1. The predicted molar refractivity (Wildman–Crippen MR) is 116 cm³/mol. The monoisotopic (exact) mass is 390 g/mol. The number of aliphatic imine (C=N–C) groups is 1. The minimum atomic E-state index is 0.282. The Morgan fingerprint density at radius 1 is 1.18 bits per heavy atom. The summed E-state index contributed by atoms with van der Waals surface area (Å²) in [6, 6.07) is 8.61. The summed E-state index contributed by atoms with van der Waals surface area (Å²) in [6.07, 6.45) is 2.26. The molecule has 6 nitrogen and oxygen atoms in total. The highest BCUT2D eigenvalue weighted by molar-refractivity contribution is 5.79. The molecule has 0 aromatic heterocycles. The van der Waals surface area contributed by atoms with Gasteiger partial charge in [0.1, 0.15) is 0 Å². The number of benzene rings is 1. The van der Waals surface area contributed by atoms with Crippen LogP contribution in [0.4, 0.5) is 0 Å². The zero-order chi connectivity index (χ0) is 20.0. The highest BCUT2D eigenvalue weighted by atomic mass is 16.5. The smallest absolute Gasteiger partial charge is 0.191 e. The van der Waals surface area contributed by atoms with E-state index in [1.165, 1.54) is 11.1 Å². The Bertz CT molecular complexity index is 569. The fraction of sp³-hybridized carbons (Fsp3) is 0.682. The van der Waals surface area contributed by atoms with Crippen LogP contribution < -0.4 is 10.6 Å². The summed E-state index contributed by atoms with van der Waals surface area (Å²) in [5.41, 5.74) is 2.65. The van der Waals surface area contributed by atoms with Gasteiger partial charge >= 0.3 is 0 Å². The first-order chi connectivity index (χ1) is 13.8. The van der Waals surface area contributed by atoms with E-state index in [9.17, 15) is 0 Å². The lowest BCUT2D eigenvalue weighted by Gasteiger charge is -2.20. The summed E-state index contributed by atoms with van der Waals surface area (Å²) in [6.45, 7) is 14.3. The zero-order valence-electron chi connectivity index (χ0n) is 17.9. The first-order valence-corrected chi connectivity index (χ1v) is 10.8. The van der Waals surface area contributed by atoms with E-state index in [4.69, 9.17) is 14.5 Å². The van der Waals surface area contributed by atoms with Crippen molar-refractivity contribution in [3.63, 3.8) is 0 Å². The van der Waals surface area contributed by atoms with Crippen molar-refractivity contribution in [3.8, 4) is 0 Å². The number of nitrogens with one attached hydrogen (secondary N) is 2. The van der Waals surface area contributed by atoms with Gasteiger partial charge in [0.15, 0.2) is 5.96 Å². The summed E-state index contributed by atoms with van der Waals surface area (Å²) in [4.78, 5) is 7.23. The van der Waals surface area contributed by atoms with Crippen molar-refractivity contribution in [1.82, 2.24) is 15.5 Å². The molecule has 0 bridgehead atoms. The predicted octanol–water partition coefficient (Wildman–Crippen LogP) is 2.78. The molecule has 6 heteroatoms. The molecule has 1 aliphatic rings. The van der Waals surface area contributed by atoms with Gasteiger partial charge in [-0.15, -0.1) is 0 Å². The molecule has 1 aliphatic heterocycles. The average Bonchev–Trinajstić information content (AvgIpc) is 3.24. The minimum absolute atomic E-state index is 0.282. The third-order valence-corrected chi connectivity index (χ3v) is 5.01. The Hall–Kier alpha value is -1.63. The number of hydrogen-bond donors (Lipinski definition) is 2. The quantitative estimate of drug-likeness (QED) is 0.326. The zero-order valence-corrected chi connectivity index (χ0v) is 17.9. The van der Waals surface area contributed by atoms with Crippen LogP contribution in [0.25, 0.3) is 0 Å². The highest BCUT2D eigenvalue weighted by Crippen LogP contribution is 2.13. The standard InChI is InChI=1S/C22H38N4O2/c1-4-23-22(24-13-9-14-28-21-12-15-27-18-21)25-16-19-10-7-8-11-20(19)17-26(5-2)6-3/h7-8,10-11,21H,4-6,9,12-18H2,1-3H3,(H2,23,24,25). The molecule has 0 spiro atoms. The van der Waals surface area contributed by atoms with E-state index in [0.29, 0.717) is 6.54 Å². The maximum atomic E-state index is 5.82. The molecular weight excluding hydrogens is 352 g/mol. The van der Waals surface area contributed by atoms with Gasteiger partial charge in [-0.3, -0.25) is 4.90 Å². The maximum absolute atomic E-state index is 5.82. The number of rotatable bonds is 12. The van der Waals surface area contributed by atoms with Gasteiger partial charge in [0, 0.05) is 32.8 Å². The van der Waals surface area contributed by atoms with E-state index in [1.807, 2.05) is 0 Å². The third-order valence-electron chi connectivity index (χ3n) is 5.01. The van der Waals surface area contributed by atoms with Crippen LogP contribution in [-0.2, 0) is 22.6 Å². The third kappa shape index (κ3) is 8.17. The molecule has 1 unspecified atom stereocenters. The molecule has 0 radical (unpaired) electrons. The molecule has 1 aromatic rings. The lowest BCUT2D eigenvalue weighted by molar-refractivity contribution is 0.0420. The summed E-state index contributed by atoms with van der Waals surface area (Å²) in [7, 11) is 0. The normalized spacial score (nSPS) is 17.3. The molecule has 1 aromatic carbocycles. The Morgan fingerprint density at radius 3 is 2.64 bits per heavy atom. The Morgan fingerprint density at radius 2 is 1.96 bits per heavy atom. The van der Waals surface area contributed by atoms with Crippen LogP contribution in [0, 0.1) is 0 Å². The minimum Gasteiger partial charge on any atom is -0.379 e. The fourth-order valence-corrected chi connectivity index (χ4v) is 3.23. The van der Waals surface area contributed by atoms with E-state index in [2.05, 4.69) is 60.6 Å². The number of nitrogens with zero attached hydrogens (tertiary/aromatic N) is 2. The molecule has 1 heterocycles. The maximum Gasteiger partial charge on any atom is 0.191 e. The van der Waals surface area contributed by atoms with Gasteiger partial charge < -0.3 is 20.1 Å². The van der Waals surface area contributed by atoms with Crippen molar-refractivity contribution >= 4 is 5.96 Å². The Kier molecular flexibility index (Phi) is 10.9. The number of ether oxygens (including phenoxy) is 2. The topological polar surface area (TPSA) is 58.1 Å². The van der Waals surface area contributed by atoms with Crippen molar-refractivity contribution in [1.29, 1.82) is 0 Å². The van der Waals surface area contributed by atoms with Crippen LogP contribution in [0.2, 0.25) is 0 Å². The largest absolute Gasteiger partial charge is 0.379 e. The molecule has 1 fully saturated rings. The number of guanidine groups is 1. The molecule has 0 saturated carbocycles. The summed E-state index contributed by atoms with van der Waals surface area (Å²) < 4.78 is 11.2. The number of hydrogen-bond acceptors (Lipinski definition) is 4. The van der Waals surface area contributed by atoms with Gasteiger partial charge in [-0.1, -0.05) is 38.1 Å². The van der Waals surface area contributed by atoms with E-state index < -0.39 is 0 Å². The highest BCUT2D eigenvalue weighted by Gasteiger charge is 2.15. The van der Waals surface area contributed by atoms with E-state index in [1.54, 1.807) is 0 Å². The van der Waals surface area contributed by atoms with E-state index in [-0.39, 0.29) is 6.10 Å². The lowest BCUT2D eigenvalue weighted by Crippen LogP contribution is -2.38. The van der Waals surface area contributed by atoms with Gasteiger partial charge in [-0.2, -0.15) is 0 Å². The van der Waals surface area contributed by atoms with Crippen molar-refractivity contribution < 1.29 is 9.47 Å². The van der Waals surface area contributed by atoms with Gasteiger partial charge in [0.05, 0.1) is 19.3 Å². The first kappa shape index (κ1) is 22.7. The lowest BCUT2D eigenvalue weighted by atomic mass is 10.1. The first-order valence-electron chi connectivity index (χ1n) is 10.8. The molecule has 0 amide bonds. The molecule has 0 aliphatic carbocycles. The molecule has 2 N–H and O–H groups in total. The fourth-order valence-electron chi connectivity index (χ4n) is 3.23. The van der Waals surface area contributed by atoms with E-state index >= 15 is 0 Å². The van der Waals surface area contributed by atoms with Crippen molar-refractivity contribution in [2.45, 2.75) is 52.8 Å². The second kappa shape index (κ2) is 13.5. The van der Waals surface area contributed by atoms with E-state index in [0.717, 1.165) is 71.3 Å². The molecular formula is C22H38N4O2. The van der Waals surface area contributed by atoms with Crippen molar-refractivity contribution in [2.75, 3.05) is 46.0 Å². The Balaban J connectivity index is 1.82. The van der Waals surface area contributed by atoms with Crippen LogP contribution in [-0.4, -0.2) is 63.0 Å². The Labute approximate surface area is 170 Å². The van der Waals surface area contributed by atoms with Gasteiger partial charge in [-0.25, -0.2) is 4.99 Å². The van der Waals surface area contributed by atoms with Gasteiger partial charge in [0.25, 0.3) is 0 Å².